The number of sulfonamides is 1. The predicted molar refractivity (Wildman–Crippen MR) is 131 cm³/mol. The summed E-state index contributed by atoms with van der Waals surface area (Å²) in [5.41, 5.74) is 3.05. The summed E-state index contributed by atoms with van der Waals surface area (Å²) in [5.74, 6) is 0.993. The van der Waals surface area contributed by atoms with Gasteiger partial charge in [-0.25, -0.2) is 13.4 Å². The molecule has 0 aliphatic carbocycles. The average Bonchev–Trinajstić information content (AvgIpc) is 3.28. The van der Waals surface area contributed by atoms with E-state index in [1.807, 2.05) is 18.2 Å². The van der Waals surface area contributed by atoms with Gasteiger partial charge in [-0.1, -0.05) is 30.3 Å². The van der Waals surface area contributed by atoms with Crippen molar-refractivity contribution in [2.75, 3.05) is 25.2 Å². The van der Waals surface area contributed by atoms with Crippen LogP contribution in [0.4, 0.5) is 5.69 Å². The molecular weight excluding hydrogens is 454 g/mol. The summed E-state index contributed by atoms with van der Waals surface area (Å²) >= 11 is 0. The van der Waals surface area contributed by atoms with Gasteiger partial charge in [-0.2, -0.15) is 5.10 Å². The van der Waals surface area contributed by atoms with Crippen LogP contribution in [0.1, 0.15) is 33.9 Å². The summed E-state index contributed by atoms with van der Waals surface area (Å²) in [6.45, 7) is 0. The van der Waals surface area contributed by atoms with Crippen molar-refractivity contribution in [2.45, 2.75) is 12.5 Å². The molecule has 0 fully saturated rings. The van der Waals surface area contributed by atoms with Crippen molar-refractivity contribution in [1.29, 1.82) is 0 Å². The molecule has 0 spiro atoms. The molecule has 1 unspecified atom stereocenters. The van der Waals surface area contributed by atoms with Crippen LogP contribution < -0.4 is 14.2 Å². The van der Waals surface area contributed by atoms with E-state index in [2.05, 4.69) is 9.82 Å². The van der Waals surface area contributed by atoms with Gasteiger partial charge in [0, 0.05) is 23.2 Å². The summed E-state index contributed by atoms with van der Waals surface area (Å²) in [6, 6.07) is 20.9. The maximum absolute atomic E-state index is 13.5. The summed E-state index contributed by atoms with van der Waals surface area (Å²) in [7, 11) is -0.279. The molecule has 1 N–H and O–H groups in total. The lowest BCUT2D eigenvalue weighted by Gasteiger charge is -2.24. The van der Waals surface area contributed by atoms with Gasteiger partial charge in [0.05, 0.1) is 32.2 Å². The zero-order valence-electron chi connectivity index (χ0n) is 19.1. The highest BCUT2D eigenvalue weighted by Crippen LogP contribution is 2.40. The molecule has 0 radical (unpaired) electrons. The van der Waals surface area contributed by atoms with Crippen molar-refractivity contribution in [3.63, 3.8) is 0 Å². The smallest absolute Gasteiger partial charge is 0.274 e. The van der Waals surface area contributed by atoms with Crippen LogP contribution in [0.25, 0.3) is 0 Å². The Bertz CT molecular complexity index is 1340. The van der Waals surface area contributed by atoms with Crippen LogP contribution in [-0.2, 0) is 10.0 Å². The summed E-state index contributed by atoms with van der Waals surface area (Å²) in [6.07, 6.45) is 1.50. The number of carbonyl (C=O) groups is 1. The number of amides is 1. The molecule has 1 aliphatic rings. The Labute approximate surface area is 198 Å². The molecule has 0 bridgehead atoms. The van der Waals surface area contributed by atoms with E-state index in [1.165, 1.54) is 5.01 Å². The topological polar surface area (TPSA) is 97.3 Å². The van der Waals surface area contributed by atoms with Crippen molar-refractivity contribution in [3.8, 4) is 11.5 Å². The van der Waals surface area contributed by atoms with Gasteiger partial charge in [0.1, 0.15) is 11.5 Å². The van der Waals surface area contributed by atoms with Crippen molar-refractivity contribution < 1.29 is 22.7 Å². The lowest BCUT2D eigenvalue weighted by Crippen LogP contribution is -2.27. The minimum Gasteiger partial charge on any atom is -0.497 e. The molecule has 3 aromatic carbocycles. The highest BCUT2D eigenvalue weighted by atomic mass is 32.2. The molecule has 1 heterocycles. The van der Waals surface area contributed by atoms with Crippen LogP contribution in [0.3, 0.4) is 0 Å². The SMILES string of the molecule is COc1ccc(OC)c(C2CC(c3cccc(NS(C)(=O)=O)c3)=NN2C(=O)c2ccccc2)c1. The molecule has 1 aliphatic heterocycles. The number of ether oxygens (including phenoxy) is 2. The molecule has 34 heavy (non-hydrogen) atoms. The Morgan fingerprint density at radius 3 is 2.44 bits per heavy atom. The van der Waals surface area contributed by atoms with Crippen molar-refractivity contribution >= 4 is 27.3 Å². The second-order valence-corrected chi connectivity index (χ2v) is 9.59. The first-order valence-corrected chi connectivity index (χ1v) is 12.4. The standard InChI is InChI=1S/C25H25N3O5S/c1-32-20-12-13-24(33-2)21(15-20)23-16-22(18-10-7-11-19(14-18)27-34(3,30)31)26-28(23)25(29)17-8-5-4-6-9-17/h4-15,23,27H,16H2,1-3H3. The van der Waals surface area contributed by atoms with Gasteiger partial charge in [0.15, 0.2) is 0 Å². The first-order valence-electron chi connectivity index (χ1n) is 10.6. The molecule has 1 amide bonds. The zero-order valence-corrected chi connectivity index (χ0v) is 19.9. The van der Waals surface area contributed by atoms with E-state index in [-0.39, 0.29) is 5.91 Å². The van der Waals surface area contributed by atoms with Gasteiger partial charge in [0.25, 0.3) is 5.91 Å². The third-order valence-electron chi connectivity index (χ3n) is 5.43. The molecule has 0 saturated carbocycles. The largest absolute Gasteiger partial charge is 0.497 e. The minimum absolute atomic E-state index is 0.254. The molecule has 4 rings (SSSR count). The molecule has 0 saturated heterocycles. The number of hydrogen-bond acceptors (Lipinski definition) is 6. The molecule has 0 aromatic heterocycles. The molecule has 176 valence electrons. The Kier molecular flexibility index (Phi) is 6.56. The van der Waals surface area contributed by atoms with E-state index < -0.39 is 16.1 Å². The van der Waals surface area contributed by atoms with Crippen LogP contribution in [-0.4, -0.2) is 45.5 Å². The van der Waals surface area contributed by atoms with Crippen LogP contribution in [0.5, 0.6) is 11.5 Å². The second-order valence-electron chi connectivity index (χ2n) is 7.85. The van der Waals surface area contributed by atoms with E-state index >= 15 is 0 Å². The first-order chi connectivity index (χ1) is 16.3. The fourth-order valence-electron chi connectivity index (χ4n) is 3.90. The number of hydrazone groups is 1. The highest BCUT2D eigenvalue weighted by Gasteiger charge is 2.35. The molecule has 8 nitrogen and oxygen atoms in total. The van der Waals surface area contributed by atoms with Crippen molar-refractivity contribution in [1.82, 2.24) is 5.01 Å². The molecule has 1 atom stereocenters. The minimum atomic E-state index is -3.43. The molecule has 3 aromatic rings. The number of benzene rings is 3. The van der Waals surface area contributed by atoms with Gasteiger partial charge < -0.3 is 9.47 Å². The normalized spacial score (nSPS) is 15.6. The first kappa shape index (κ1) is 23.3. The fourth-order valence-corrected chi connectivity index (χ4v) is 4.46. The van der Waals surface area contributed by atoms with E-state index in [9.17, 15) is 13.2 Å². The summed E-state index contributed by atoms with van der Waals surface area (Å²) in [4.78, 5) is 13.5. The Balaban J connectivity index is 1.78. The Morgan fingerprint density at radius 2 is 1.76 bits per heavy atom. The van der Waals surface area contributed by atoms with Crippen LogP contribution in [0.15, 0.2) is 77.9 Å². The third-order valence-corrected chi connectivity index (χ3v) is 6.04. The monoisotopic (exact) mass is 479 g/mol. The lowest BCUT2D eigenvalue weighted by atomic mass is 9.97. The predicted octanol–water partition coefficient (Wildman–Crippen LogP) is 4.07. The number of methoxy groups -OCH3 is 2. The average molecular weight is 480 g/mol. The van der Waals surface area contributed by atoms with E-state index in [4.69, 9.17) is 9.47 Å². The lowest BCUT2D eigenvalue weighted by molar-refractivity contribution is 0.0709. The number of nitrogens with one attached hydrogen (secondary N) is 1. The summed E-state index contributed by atoms with van der Waals surface area (Å²) in [5, 5.41) is 6.14. The Morgan fingerprint density at radius 1 is 1.00 bits per heavy atom. The number of hydrogen-bond donors (Lipinski definition) is 1. The van der Waals surface area contributed by atoms with E-state index in [0.29, 0.717) is 40.4 Å². The van der Waals surface area contributed by atoms with E-state index in [1.54, 1.807) is 68.8 Å². The van der Waals surface area contributed by atoms with Crippen LogP contribution in [0, 0.1) is 0 Å². The number of carbonyl (C=O) groups excluding carboxylic acids is 1. The quantitative estimate of drug-likeness (QED) is 0.551. The maximum Gasteiger partial charge on any atom is 0.274 e. The van der Waals surface area contributed by atoms with Gasteiger partial charge >= 0.3 is 0 Å². The molecule has 9 heteroatoms. The third kappa shape index (κ3) is 5.04. The summed E-state index contributed by atoms with van der Waals surface area (Å²) < 4.78 is 36.8. The number of rotatable bonds is 7. The van der Waals surface area contributed by atoms with E-state index in [0.717, 1.165) is 11.8 Å². The van der Waals surface area contributed by atoms with Gasteiger partial charge in [0.2, 0.25) is 10.0 Å². The number of anilines is 1. The Hall–Kier alpha value is -3.85. The van der Waals surface area contributed by atoms with Crippen LogP contribution >= 0.6 is 0 Å². The van der Waals surface area contributed by atoms with Crippen LogP contribution in [0.2, 0.25) is 0 Å². The van der Waals surface area contributed by atoms with Gasteiger partial charge in [-0.15, -0.1) is 0 Å². The molecular formula is C25H25N3O5S. The van der Waals surface area contributed by atoms with Crippen molar-refractivity contribution in [3.05, 3.63) is 89.5 Å². The van der Waals surface area contributed by atoms with Gasteiger partial charge in [-0.3, -0.25) is 9.52 Å². The van der Waals surface area contributed by atoms with Crippen molar-refractivity contribution in [2.24, 2.45) is 5.10 Å². The second kappa shape index (κ2) is 9.56. The highest BCUT2D eigenvalue weighted by molar-refractivity contribution is 7.92. The zero-order chi connectivity index (χ0) is 24.3. The number of nitrogens with zero attached hydrogens (tertiary/aromatic N) is 2. The van der Waals surface area contributed by atoms with Gasteiger partial charge in [-0.05, 0) is 48.0 Å². The maximum atomic E-state index is 13.5. The fraction of sp³-hybridized carbons (Fsp3) is 0.200.